The van der Waals surface area contributed by atoms with Gasteiger partial charge >= 0.3 is 0 Å². The Morgan fingerprint density at radius 3 is 2.77 bits per heavy atom. The zero-order valence-corrected chi connectivity index (χ0v) is 15.2. The van der Waals surface area contributed by atoms with Crippen molar-refractivity contribution in [1.29, 1.82) is 0 Å². The van der Waals surface area contributed by atoms with Crippen molar-refractivity contribution in [3.8, 4) is 5.69 Å². The number of hydrogen-bond acceptors (Lipinski definition) is 3. The maximum atomic E-state index is 14.5. The largest absolute Gasteiger partial charge is 0.318 e. The number of aliphatic imine (C=N–C) groups is 1. The molecule has 0 spiro atoms. The molecule has 0 fully saturated rings. The third-order valence-corrected chi connectivity index (χ3v) is 4.95. The fourth-order valence-electron chi connectivity index (χ4n) is 3.23. The maximum Gasteiger partial charge on any atom is 0.248 e. The van der Waals surface area contributed by atoms with E-state index < -0.39 is 11.4 Å². The van der Waals surface area contributed by atoms with Crippen molar-refractivity contribution < 1.29 is 4.39 Å². The molecule has 1 aromatic carbocycles. The van der Waals surface area contributed by atoms with Crippen molar-refractivity contribution >= 4 is 17.3 Å². The highest BCUT2D eigenvalue weighted by Crippen LogP contribution is 2.35. The van der Waals surface area contributed by atoms with Crippen LogP contribution in [0.25, 0.3) is 5.69 Å². The second-order valence-corrected chi connectivity index (χ2v) is 6.78. The first-order chi connectivity index (χ1) is 12.4. The van der Waals surface area contributed by atoms with Gasteiger partial charge in [-0.1, -0.05) is 17.7 Å². The van der Waals surface area contributed by atoms with Crippen LogP contribution in [0.5, 0.6) is 0 Å². The molecule has 26 heavy (non-hydrogen) atoms. The molecular weight excluding hydrogens is 355 g/mol. The summed E-state index contributed by atoms with van der Waals surface area (Å²) in [5.74, 6) is 0.173. The van der Waals surface area contributed by atoms with Crippen LogP contribution in [0.4, 0.5) is 4.39 Å². The smallest absolute Gasteiger partial charge is 0.248 e. The highest BCUT2D eigenvalue weighted by Gasteiger charge is 2.28. The maximum absolute atomic E-state index is 14.5. The van der Waals surface area contributed by atoms with Crippen LogP contribution >= 0.6 is 11.6 Å². The highest BCUT2D eigenvalue weighted by molar-refractivity contribution is 6.36. The van der Waals surface area contributed by atoms with Crippen molar-refractivity contribution in [1.82, 2.24) is 14.5 Å². The van der Waals surface area contributed by atoms with Crippen molar-refractivity contribution in [3.63, 3.8) is 0 Å². The molecule has 1 N–H and O–H groups in total. The SMILES string of the molecule is Cc1cn2c(n1)[C@H](C)N=C(c1[nH]c(=O)ccc1F)c1c-2ccc(C)c1Cl. The Morgan fingerprint density at radius 1 is 1.23 bits per heavy atom. The van der Waals surface area contributed by atoms with E-state index in [1.807, 2.05) is 43.7 Å². The summed E-state index contributed by atoms with van der Waals surface area (Å²) in [5.41, 5.74) is 2.97. The van der Waals surface area contributed by atoms with Crippen molar-refractivity contribution in [2.24, 2.45) is 4.99 Å². The van der Waals surface area contributed by atoms with Crippen molar-refractivity contribution in [2.45, 2.75) is 26.8 Å². The predicted molar refractivity (Wildman–Crippen MR) is 99.1 cm³/mol. The number of imidazole rings is 1. The number of H-pyrrole nitrogens is 1. The summed E-state index contributed by atoms with van der Waals surface area (Å²) in [6.07, 6.45) is 1.90. The lowest BCUT2D eigenvalue weighted by atomic mass is 10.0. The monoisotopic (exact) mass is 370 g/mol. The molecule has 1 aliphatic heterocycles. The summed E-state index contributed by atoms with van der Waals surface area (Å²) in [6.45, 7) is 5.66. The Morgan fingerprint density at radius 2 is 2.00 bits per heavy atom. The first-order valence-corrected chi connectivity index (χ1v) is 8.57. The number of hydrogen-bond donors (Lipinski definition) is 1. The van der Waals surface area contributed by atoms with E-state index in [0.717, 1.165) is 34.9 Å². The van der Waals surface area contributed by atoms with E-state index in [2.05, 4.69) is 15.0 Å². The Labute approximate surface area is 154 Å². The molecule has 7 heteroatoms. The van der Waals surface area contributed by atoms with Gasteiger partial charge in [0, 0.05) is 17.8 Å². The molecule has 1 atom stereocenters. The molecule has 3 heterocycles. The minimum absolute atomic E-state index is 0.0283. The molecule has 0 saturated heterocycles. The number of benzene rings is 1. The van der Waals surface area contributed by atoms with Crippen LogP contribution in [0.15, 0.2) is 40.2 Å². The van der Waals surface area contributed by atoms with Gasteiger partial charge in [0.2, 0.25) is 5.56 Å². The number of pyridine rings is 1. The Kier molecular flexibility index (Phi) is 3.80. The van der Waals surface area contributed by atoms with Gasteiger partial charge in [-0.15, -0.1) is 0 Å². The van der Waals surface area contributed by atoms with Crippen LogP contribution in [-0.4, -0.2) is 20.2 Å². The lowest BCUT2D eigenvalue weighted by Gasteiger charge is -2.15. The number of nitrogens with zero attached hydrogens (tertiary/aromatic N) is 3. The van der Waals surface area contributed by atoms with Crippen LogP contribution in [0.1, 0.15) is 41.3 Å². The van der Waals surface area contributed by atoms with Crippen LogP contribution < -0.4 is 5.56 Å². The molecule has 132 valence electrons. The van der Waals surface area contributed by atoms with E-state index in [4.69, 9.17) is 11.6 Å². The van der Waals surface area contributed by atoms with Crippen LogP contribution in [0.3, 0.4) is 0 Å². The molecule has 1 aliphatic rings. The van der Waals surface area contributed by atoms with Gasteiger partial charge < -0.3 is 9.55 Å². The number of fused-ring (bicyclic) bond motifs is 3. The Balaban J connectivity index is 2.12. The van der Waals surface area contributed by atoms with E-state index in [9.17, 15) is 9.18 Å². The normalized spacial score (nSPS) is 15.9. The fourth-order valence-corrected chi connectivity index (χ4v) is 3.48. The topological polar surface area (TPSA) is 63.0 Å². The summed E-state index contributed by atoms with van der Waals surface area (Å²) < 4.78 is 16.5. The van der Waals surface area contributed by atoms with Crippen LogP contribution in [-0.2, 0) is 0 Å². The summed E-state index contributed by atoms with van der Waals surface area (Å²) in [6, 6.07) is 5.75. The van der Waals surface area contributed by atoms with E-state index in [-0.39, 0.29) is 11.7 Å². The number of halogens is 2. The second kappa shape index (κ2) is 5.92. The van der Waals surface area contributed by atoms with Crippen LogP contribution in [0.2, 0.25) is 5.02 Å². The van der Waals surface area contributed by atoms with E-state index >= 15 is 0 Å². The van der Waals surface area contributed by atoms with Gasteiger partial charge in [0.05, 0.1) is 22.1 Å². The predicted octanol–water partition coefficient (Wildman–Crippen LogP) is 3.88. The molecule has 2 aromatic heterocycles. The number of aromatic nitrogens is 3. The zero-order chi connectivity index (χ0) is 18.6. The van der Waals surface area contributed by atoms with Crippen molar-refractivity contribution in [2.75, 3.05) is 0 Å². The molecule has 0 bridgehead atoms. The first kappa shape index (κ1) is 16.7. The minimum atomic E-state index is -0.560. The zero-order valence-electron chi connectivity index (χ0n) is 14.5. The van der Waals surface area contributed by atoms with E-state index in [0.29, 0.717) is 16.3 Å². The number of aromatic amines is 1. The van der Waals surface area contributed by atoms with E-state index in [1.165, 1.54) is 0 Å². The summed E-state index contributed by atoms with van der Waals surface area (Å²) in [4.78, 5) is 23.6. The molecule has 0 aliphatic carbocycles. The molecule has 0 radical (unpaired) electrons. The summed E-state index contributed by atoms with van der Waals surface area (Å²) >= 11 is 6.61. The number of aryl methyl sites for hydroxylation is 2. The fraction of sp³-hybridized carbons (Fsp3) is 0.211. The second-order valence-electron chi connectivity index (χ2n) is 6.40. The first-order valence-electron chi connectivity index (χ1n) is 8.19. The molecule has 0 saturated carbocycles. The lowest BCUT2D eigenvalue weighted by molar-refractivity contribution is 0.616. The van der Waals surface area contributed by atoms with Gasteiger partial charge in [0.25, 0.3) is 0 Å². The quantitative estimate of drug-likeness (QED) is 0.706. The van der Waals surface area contributed by atoms with Gasteiger partial charge in [0.15, 0.2) is 0 Å². The molecule has 4 rings (SSSR count). The third-order valence-electron chi connectivity index (χ3n) is 4.46. The summed E-state index contributed by atoms with van der Waals surface area (Å²) in [5, 5.41) is 0.469. The molecular formula is C19H16ClFN4O. The lowest BCUT2D eigenvalue weighted by Crippen LogP contribution is -2.17. The highest BCUT2D eigenvalue weighted by atomic mass is 35.5. The average Bonchev–Trinajstić information content (AvgIpc) is 2.94. The molecule has 0 unspecified atom stereocenters. The van der Waals surface area contributed by atoms with E-state index in [1.54, 1.807) is 0 Å². The Hall–Kier alpha value is -2.73. The Bertz CT molecular complexity index is 1130. The van der Waals surface area contributed by atoms with Gasteiger partial charge in [-0.25, -0.2) is 9.37 Å². The molecule has 0 amide bonds. The van der Waals surface area contributed by atoms with Crippen LogP contribution in [0, 0.1) is 19.7 Å². The molecule has 5 nitrogen and oxygen atoms in total. The van der Waals surface area contributed by atoms with Gasteiger partial charge in [-0.3, -0.25) is 9.79 Å². The molecule has 3 aromatic rings. The van der Waals surface area contributed by atoms with Gasteiger partial charge in [-0.05, 0) is 38.5 Å². The summed E-state index contributed by atoms with van der Waals surface area (Å²) in [7, 11) is 0. The van der Waals surface area contributed by atoms with Crippen molar-refractivity contribution in [3.05, 3.63) is 80.0 Å². The standard InChI is InChI=1S/C19H16ClFN4O/c1-9-4-6-13-15(16(9)20)18(17-12(21)5-7-14(26)24-17)23-11(3)19-22-10(2)8-25(13)19/h4-8,11H,1-3H3,(H,24,26)/t11-/m0/s1. The van der Waals surface area contributed by atoms with Gasteiger partial charge in [-0.2, -0.15) is 0 Å². The number of rotatable bonds is 1. The third kappa shape index (κ3) is 2.49. The average molecular weight is 371 g/mol. The minimum Gasteiger partial charge on any atom is -0.318 e. The van der Waals surface area contributed by atoms with Gasteiger partial charge in [0.1, 0.15) is 23.4 Å². The number of nitrogens with one attached hydrogen (secondary N) is 1.